The van der Waals surface area contributed by atoms with Crippen molar-refractivity contribution in [1.82, 2.24) is 5.32 Å². The molecule has 12 heavy (non-hydrogen) atoms. The summed E-state index contributed by atoms with van der Waals surface area (Å²) in [6.45, 7) is 2.28. The Morgan fingerprint density at radius 2 is 2.33 bits per heavy atom. The van der Waals surface area contributed by atoms with Gasteiger partial charge in [-0.1, -0.05) is 6.07 Å². The fourth-order valence-electron chi connectivity index (χ4n) is 1.13. The highest BCUT2D eigenvalue weighted by atomic mass is 35.5. The first-order valence-electron chi connectivity index (χ1n) is 4.18. The first kappa shape index (κ1) is 10.0. The van der Waals surface area contributed by atoms with Gasteiger partial charge in [0.1, 0.15) is 0 Å². The predicted octanol–water partition coefficient (Wildman–Crippen LogP) is 2.67. The second-order valence-corrected chi connectivity index (χ2v) is 4.19. The second-order valence-electron chi connectivity index (χ2n) is 3.15. The molecule has 0 spiro atoms. The standard InChI is InChI=1S/C9H13NS.ClH/c1-2-9(11-5-1)7-10-6-8-3-4-8;/h1-2,5,8,10H,3-4,6-7H2;1H. The highest BCUT2D eigenvalue weighted by Gasteiger charge is 2.19. The summed E-state index contributed by atoms with van der Waals surface area (Å²) in [5, 5.41) is 5.59. The Labute approximate surface area is 83.6 Å². The molecular formula is C9H14ClNS. The van der Waals surface area contributed by atoms with Crippen LogP contribution in [0.2, 0.25) is 0 Å². The fraction of sp³-hybridized carbons (Fsp3) is 0.556. The SMILES string of the molecule is Cl.c1csc(CNCC2CC2)c1. The van der Waals surface area contributed by atoms with Crippen molar-refractivity contribution in [2.24, 2.45) is 5.92 Å². The quantitative estimate of drug-likeness (QED) is 0.794. The third-order valence-electron chi connectivity index (χ3n) is 2.01. The van der Waals surface area contributed by atoms with Crippen molar-refractivity contribution in [2.75, 3.05) is 6.54 Å². The van der Waals surface area contributed by atoms with E-state index in [4.69, 9.17) is 0 Å². The average molecular weight is 204 g/mol. The van der Waals surface area contributed by atoms with Crippen LogP contribution in [0.4, 0.5) is 0 Å². The number of nitrogens with one attached hydrogen (secondary N) is 1. The van der Waals surface area contributed by atoms with Gasteiger partial charge in [-0.3, -0.25) is 0 Å². The van der Waals surface area contributed by atoms with Crippen molar-refractivity contribution < 1.29 is 0 Å². The molecule has 1 aromatic rings. The highest BCUT2D eigenvalue weighted by molar-refractivity contribution is 7.09. The molecule has 1 heterocycles. The minimum atomic E-state index is 0. The molecule has 1 nitrogen and oxygen atoms in total. The molecule has 1 saturated carbocycles. The van der Waals surface area contributed by atoms with Crippen LogP contribution < -0.4 is 5.32 Å². The largest absolute Gasteiger partial charge is 0.312 e. The van der Waals surface area contributed by atoms with Gasteiger partial charge < -0.3 is 5.32 Å². The summed E-state index contributed by atoms with van der Waals surface area (Å²) < 4.78 is 0. The van der Waals surface area contributed by atoms with E-state index in [-0.39, 0.29) is 12.4 Å². The molecule has 1 fully saturated rings. The molecule has 2 rings (SSSR count). The van der Waals surface area contributed by atoms with Crippen molar-refractivity contribution >= 4 is 23.7 Å². The maximum Gasteiger partial charge on any atom is 0.0299 e. The van der Waals surface area contributed by atoms with Gasteiger partial charge in [-0.2, -0.15) is 0 Å². The van der Waals surface area contributed by atoms with Gasteiger partial charge in [-0.25, -0.2) is 0 Å². The van der Waals surface area contributed by atoms with E-state index in [2.05, 4.69) is 22.8 Å². The Bertz CT molecular complexity index is 206. The molecule has 68 valence electrons. The van der Waals surface area contributed by atoms with Gasteiger partial charge in [0.15, 0.2) is 0 Å². The lowest BCUT2D eigenvalue weighted by Crippen LogP contribution is -2.15. The number of rotatable bonds is 4. The van der Waals surface area contributed by atoms with Crippen molar-refractivity contribution in [2.45, 2.75) is 19.4 Å². The maximum atomic E-state index is 3.46. The van der Waals surface area contributed by atoms with Gasteiger partial charge in [0.2, 0.25) is 0 Å². The molecule has 3 heteroatoms. The van der Waals surface area contributed by atoms with Crippen LogP contribution in [-0.4, -0.2) is 6.54 Å². The lowest BCUT2D eigenvalue weighted by molar-refractivity contribution is 0.643. The molecule has 1 N–H and O–H groups in total. The summed E-state index contributed by atoms with van der Waals surface area (Å²) in [4.78, 5) is 1.45. The van der Waals surface area contributed by atoms with Crippen LogP contribution >= 0.6 is 23.7 Å². The van der Waals surface area contributed by atoms with Gasteiger partial charge in [0, 0.05) is 11.4 Å². The van der Waals surface area contributed by atoms with Crippen LogP contribution in [0, 0.1) is 5.92 Å². The van der Waals surface area contributed by atoms with E-state index in [1.165, 1.54) is 24.3 Å². The Kier molecular flexibility index (Phi) is 4.06. The summed E-state index contributed by atoms with van der Waals surface area (Å²) in [5.41, 5.74) is 0. The number of halogens is 1. The van der Waals surface area contributed by atoms with Gasteiger partial charge in [0.05, 0.1) is 0 Å². The number of hydrogen-bond donors (Lipinski definition) is 1. The third-order valence-corrected chi connectivity index (χ3v) is 2.89. The number of thiophene rings is 1. The Morgan fingerprint density at radius 3 is 2.92 bits per heavy atom. The van der Waals surface area contributed by atoms with E-state index >= 15 is 0 Å². The van der Waals surface area contributed by atoms with E-state index in [0.717, 1.165) is 12.5 Å². The van der Waals surface area contributed by atoms with Gasteiger partial charge in [-0.05, 0) is 36.8 Å². The zero-order chi connectivity index (χ0) is 7.52. The van der Waals surface area contributed by atoms with Crippen LogP contribution in [0.1, 0.15) is 17.7 Å². The molecule has 0 aromatic carbocycles. The normalized spacial score (nSPS) is 15.7. The molecule has 0 aliphatic heterocycles. The monoisotopic (exact) mass is 203 g/mol. The summed E-state index contributed by atoms with van der Waals surface area (Å²) in [5.74, 6) is 0.995. The molecule has 0 unspecified atom stereocenters. The molecule has 1 aliphatic rings. The van der Waals surface area contributed by atoms with Crippen molar-refractivity contribution in [3.05, 3.63) is 22.4 Å². The molecule has 0 amide bonds. The Balaban J connectivity index is 0.000000720. The zero-order valence-corrected chi connectivity index (χ0v) is 8.59. The molecule has 0 saturated heterocycles. The first-order chi connectivity index (χ1) is 5.45. The summed E-state index contributed by atoms with van der Waals surface area (Å²) in [6, 6.07) is 4.30. The van der Waals surface area contributed by atoms with Crippen molar-refractivity contribution in [1.29, 1.82) is 0 Å². The predicted molar refractivity (Wildman–Crippen MR) is 56.0 cm³/mol. The van der Waals surface area contributed by atoms with Crippen LogP contribution in [0.25, 0.3) is 0 Å². The van der Waals surface area contributed by atoms with Crippen molar-refractivity contribution in [3.8, 4) is 0 Å². The average Bonchev–Trinajstić information content (AvgIpc) is 2.66. The van der Waals surface area contributed by atoms with Gasteiger partial charge >= 0.3 is 0 Å². The van der Waals surface area contributed by atoms with Crippen LogP contribution in [0.5, 0.6) is 0 Å². The highest BCUT2D eigenvalue weighted by Crippen LogP contribution is 2.27. The summed E-state index contributed by atoms with van der Waals surface area (Å²) in [7, 11) is 0. The van der Waals surface area contributed by atoms with Gasteiger partial charge in [-0.15, -0.1) is 23.7 Å². The third kappa shape index (κ3) is 3.13. The minimum Gasteiger partial charge on any atom is -0.312 e. The van der Waals surface area contributed by atoms with E-state index in [9.17, 15) is 0 Å². The Hall–Kier alpha value is -0.0500. The van der Waals surface area contributed by atoms with E-state index in [0.29, 0.717) is 0 Å². The summed E-state index contributed by atoms with van der Waals surface area (Å²) in [6.07, 6.45) is 2.88. The molecule has 1 aliphatic carbocycles. The smallest absolute Gasteiger partial charge is 0.0299 e. The van der Waals surface area contributed by atoms with E-state index < -0.39 is 0 Å². The number of hydrogen-bond acceptors (Lipinski definition) is 2. The summed E-state index contributed by atoms with van der Waals surface area (Å²) >= 11 is 1.83. The molecule has 0 radical (unpaired) electrons. The lowest BCUT2D eigenvalue weighted by Gasteiger charge is -1.99. The zero-order valence-electron chi connectivity index (χ0n) is 6.95. The second kappa shape index (κ2) is 4.85. The van der Waals surface area contributed by atoms with Crippen LogP contribution in [0.3, 0.4) is 0 Å². The fourth-order valence-corrected chi connectivity index (χ4v) is 1.81. The maximum absolute atomic E-state index is 3.46. The van der Waals surface area contributed by atoms with E-state index in [1.807, 2.05) is 11.3 Å². The van der Waals surface area contributed by atoms with Crippen LogP contribution in [-0.2, 0) is 6.54 Å². The Morgan fingerprint density at radius 1 is 1.50 bits per heavy atom. The van der Waals surface area contributed by atoms with Gasteiger partial charge in [0.25, 0.3) is 0 Å². The molecular weight excluding hydrogens is 190 g/mol. The van der Waals surface area contributed by atoms with Crippen molar-refractivity contribution in [3.63, 3.8) is 0 Å². The molecule has 0 bridgehead atoms. The molecule has 1 aromatic heterocycles. The van der Waals surface area contributed by atoms with E-state index in [1.54, 1.807) is 0 Å². The van der Waals surface area contributed by atoms with Crippen LogP contribution in [0.15, 0.2) is 17.5 Å². The molecule has 0 atom stereocenters. The minimum absolute atomic E-state index is 0. The first-order valence-corrected chi connectivity index (χ1v) is 5.06. The topological polar surface area (TPSA) is 12.0 Å². The lowest BCUT2D eigenvalue weighted by atomic mass is 10.4.